The molecule has 0 radical (unpaired) electrons. The van der Waals surface area contributed by atoms with E-state index in [-0.39, 0.29) is 5.76 Å². The van der Waals surface area contributed by atoms with Crippen molar-refractivity contribution in [3.05, 3.63) is 16.8 Å². The summed E-state index contributed by atoms with van der Waals surface area (Å²) in [5, 5.41) is 13.0. The number of aliphatic hydroxyl groups is 1. The van der Waals surface area contributed by atoms with Gasteiger partial charge in [-0.3, -0.25) is 4.79 Å². The molecular formula is C11H17N3O2S. The summed E-state index contributed by atoms with van der Waals surface area (Å²) in [4.78, 5) is 17.0. The van der Waals surface area contributed by atoms with Crippen LogP contribution in [0.4, 0.5) is 5.13 Å². The molecule has 0 bridgehead atoms. The van der Waals surface area contributed by atoms with Crippen LogP contribution < -0.4 is 5.32 Å². The van der Waals surface area contributed by atoms with E-state index in [1.807, 2.05) is 20.8 Å². The van der Waals surface area contributed by atoms with Gasteiger partial charge in [0.1, 0.15) is 0 Å². The fraction of sp³-hybridized carbons (Fsp3) is 0.455. The lowest BCUT2D eigenvalue weighted by molar-refractivity contribution is -0.105. The molecule has 0 saturated heterocycles. The normalized spacial score (nSPS) is 11.9. The van der Waals surface area contributed by atoms with Gasteiger partial charge < -0.3 is 15.3 Å². The highest BCUT2D eigenvalue weighted by atomic mass is 32.1. The fourth-order valence-corrected chi connectivity index (χ4v) is 2.30. The molecule has 1 aromatic rings. The van der Waals surface area contributed by atoms with Gasteiger partial charge in [0.05, 0.1) is 16.8 Å². The molecule has 6 heteroatoms. The monoisotopic (exact) mass is 255 g/mol. The third-order valence-electron chi connectivity index (χ3n) is 2.50. The molecule has 0 spiro atoms. The first-order chi connectivity index (χ1) is 8.13. The van der Waals surface area contributed by atoms with Crippen LogP contribution in [0.1, 0.15) is 25.6 Å². The van der Waals surface area contributed by atoms with Crippen LogP contribution in [0.25, 0.3) is 5.76 Å². The van der Waals surface area contributed by atoms with Crippen molar-refractivity contribution in [2.45, 2.75) is 20.8 Å². The van der Waals surface area contributed by atoms with Gasteiger partial charge >= 0.3 is 0 Å². The van der Waals surface area contributed by atoms with E-state index in [0.717, 1.165) is 18.8 Å². The van der Waals surface area contributed by atoms with Crippen molar-refractivity contribution in [3.8, 4) is 0 Å². The number of anilines is 1. The lowest BCUT2D eigenvalue weighted by Crippen LogP contribution is -2.21. The van der Waals surface area contributed by atoms with Gasteiger partial charge in [-0.15, -0.1) is 0 Å². The Morgan fingerprint density at radius 3 is 2.76 bits per heavy atom. The third-order valence-corrected chi connectivity index (χ3v) is 3.44. The molecule has 0 unspecified atom stereocenters. The first-order valence-corrected chi connectivity index (χ1v) is 6.26. The second-order valence-corrected chi connectivity index (χ2v) is 4.43. The smallest absolute Gasteiger partial charge is 0.213 e. The van der Waals surface area contributed by atoms with E-state index < -0.39 is 0 Å². The molecule has 0 fully saturated rings. The quantitative estimate of drug-likeness (QED) is 0.604. The summed E-state index contributed by atoms with van der Waals surface area (Å²) in [5.74, 6) is 0.213. The van der Waals surface area contributed by atoms with Crippen LogP contribution in [0.5, 0.6) is 0 Å². The summed E-state index contributed by atoms with van der Waals surface area (Å²) in [6.45, 7) is 7.61. The zero-order valence-electron chi connectivity index (χ0n) is 10.2. The lowest BCUT2D eigenvalue weighted by Gasteiger charge is -2.22. The van der Waals surface area contributed by atoms with Crippen LogP contribution in [-0.4, -0.2) is 34.5 Å². The number of carbonyl (C=O) groups is 1. The highest BCUT2D eigenvalue weighted by Crippen LogP contribution is 2.26. The molecule has 0 aliphatic rings. The third kappa shape index (κ3) is 3.20. The van der Waals surface area contributed by atoms with Gasteiger partial charge in [-0.1, -0.05) is 11.3 Å². The van der Waals surface area contributed by atoms with E-state index >= 15 is 0 Å². The van der Waals surface area contributed by atoms with Crippen molar-refractivity contribution in [1.82, 2.24) is 9.88 Å². The van der Waals surface area contributed by atoms with Crippen LogP contribution in [0, 0.1) is 0 Å². The van der Waals surface area contributed by atoms with E-state index in [4.69, 9.17) is 0 Å². The minimum Gasteiger partial charge on any atom is -0.505 e. The second-order valence-electron chi connectivity index (χ2n) is 3.40. The van der Waals surface area contributed by atoms with Crippen molar-refractivity contribution < 1.29 is 9.90 Å². The maximum atomic E-state index is 10.3. The summed E-state index contributed by atoms with van der Waals surface area (Å²) in [6, 6.07) is 0. The Kier molecular flexibility index (Phi) is 4.96. The van der Waals surface area contributed by atoms with Crippen molar-refractivity contribution in [1.29, 1.82) is 0 Å². The Balaban J connectivity index is 2.96. The number of allylic oxidation sites excluding steroid dienone is 1. The minimum absolute atomic E-state index is 0.213. The van der Waals surface area contributed by atoms with Crippen LogP contribution in [0.3, 0.4) is 0 Å². The molecule has 94 valence electrons. The van der Waals surface area contributed by atoms with Gasteiger partial charge in [-0.05, 0) is 20.8 Å². The number of aromatic nitrogens is 1. The van der Waals surface area contributed by atoms with E-state index in [9.17, 15) is 9.90 Å². The van der Waals surface area contributed by atoms with Crippen molar-refractivity contribution >= 4 is 28.6 Å². The van der Waals surface area contributed by atoms with Gasteiger partial charge in [0.15, 0.2) is 10.9 Å². The summed E-state index contributed by atoms with van der Waals surface area (Å²) < 4.78 is 0. The SMILES string of the molecule is CCN(CC)/C(C)=C(\O)c1cnc(NC=O)s1. The second kappa shape index (κ2) is 6.24. The van der Waals surface area contributed by atoms with Crippen LogP contribution in [-0.2, 0) is 4.79 Å². The van der Waals surface area contributed by atoms with E-state index in [2.05, 4.69) is 15.2 Å². The maximum Gasteiger partial charge on any atom is 0.213 e. The molecule has 0 aliphatic carbocycles. The Morgan fingerprint density at radius 2 is 2.24 bits per heavy atom. The molecule has 0 aromatic carbocycles. The van der Waals surface area contributed by atoms with Crippen molar-refractivity contribution in [3.63, 3.8) is 0 Å². The van der Waals surface area contributed by atoms with Gasteiger partial charge in [-0.25, -0.2) is 4.98 Å². The first kappa shape index (κ1) is 13.5. The molecular weight excluding hydrogens is 238 g/mol. The highest BCUT2D eigenvalue weighted by molar-refractivity contribution is 7.16. The zero-order valence-corrected chi connectivity index (χ0v) is 11.0. The summed E-state index contributed by atoms with van der Waals surface area (Å²) in [7, 11) is 0. The van der Waals surface area contributed by atoms with E-state index in [0.29, 0.717) is 16.4 Å². The number of nitrogens with zero attached hydrogens (tertiary/aromatic N) is 2. The minimum atomic E-state index is 0.213. The molecule has 0 aliphatic heterocycles. The zero-order chi connectivity index (χ0) is 12.8. The van der Waals surface area contributed by atoms with Crippen LogP contribution in [0.2, 0.25) is 0 Å². The van der Waals surface area contributed by atoms with Crippen LogP contribution >= 0.6 is 11.3 Å². The van der Waals surface area contributed by atoms with Gasteiger partial charge in [-0.2, -0.15) is 0 Å². The van der Waals surface area contributed by atoms with Gasteiger partial charge in [0.2, 0.25) is 6.41 Å². The van der Waals surface area contributed by atoms with E-state index in [1.54, 1.807) is 6.20 Å². The molecule has 1 amide bonds. The number of carbonyl (C=O) groups excluding carboxylic acids is 1. The molecule has 17 heavy (non-hydrogen) atoms. The molecule has 0 atom stereocenters. The molecule has 2 N–H and O–H groups in total. The largest absolute Gasteiger partial charge is 0.505 e. The molecule has 1 heterocycles. The number of hydrogen-bond acceptors (Lipinski definition) is 5. The highest BCUT2D eigenvalue weighted by Gasteiger charge is 2.12. The number of hydrogen-bond donors (Lipinski definition) is 2. The molecule has 1 rings (SSSR count). The summed E-state index contributed by atoms with van der Waals surface area (Å²) in [5.41, 5.74) is 0.816. The van der Waals surface area contributed by atoms with E-state index in [1.165, 1.54) is 11.3 Å². The molecule has 0 saturated carbocycles. The van der Waals surface area contributed by atoms with Gasteiger partial charge in [0.25, 0.3) is 0 Å². The van der Waals surface area contributed by atoms with Crippen LogP contribution in [0.15, 0.2) is 11.9 Å². The average Bonchev–Trinajstić information content (AvgIpc) is 2.78. The Morgan fingerprint density at radius 1 is 1.59 bits per heavy atom. The van der Waals surface area contributed by atoms with Crippen molar-refractivity contribution in [2.24, 2.45) is 0 Å². The lowest BCUT2D eigenvalue weighted by atomic mass is 10.3. The number of nitrogens with one attached hydrogen (secondary N) is 1. The molecule has 5 nitrogen and oxygen atoms in total. The topological polar surface area (TPSA) is 65.5 Å². The standard InChI is InChI=1S/C11H17N3O2S/c1-4-14(5-2)8(3)10(16)9-6-12-11(17-9)13-7-15/h6-7,16H,4-5H2,1-3H3,(H,12,13,15)/b10-8-. The first-order valence-electron chi connectivity index (χ1n) is 5.45. The molecule has 1 aromatic heterocycles. The number of amides is 1. The van der Waals surface area contributed by atoms with Crippen molar-refractivity contribution in [2.75, 3.05) is 18.4 Å². The fourth-order valence-electron chi connectivity index (χ4n) is 1.53. The Labute approximate surface area is 105 Å². The van der Waals surface area contributed by atoms with Gasteiger partial charge in [0, 0.05) is 13.1 Å². The Bertz CT molecular complexity index is 411. The predicted molar refractivity (Wildman–Crippen MR) is 69.9 cm³/mol. The Hall–Kier alpha value is -1.56. The number of rotatable bonds is 6. The summed E-state index contributed by atoms with van der Waals surface area (Å²) >= 11 is 1.24. The maximum absolute atomic E-state index is 10.3. The number of thiazole rings is 1. The average molecular weight is 255 g/mol. The summed E-state index contributed by atoms with van der Waals surface area (Å²) in [6.07, 6.45) is 2.12. The number of aliphatic hydroxyl groups excluding tert-OH is 1. The predicted octanol–water partition coefficient (Wildman–Crippen LogP) is 2.30.